The number of rotatable bonds is 2. The van der Waals surface area contributed by atoms with E-state index in [-0.39, 0.29) is 6.54 Å². The van der Waals surface area contributed by atoms with Gasteiger partial charge in [0.1, 0.15) is 0 Å². The molecule has 0 atom stereocenters. The molecule has 0 aromatic heterocycles. The van der Waals surface area contributed by atoms with Crippen LogP contribution >= 0.6 is 11.6 Å². The van der Waals surface area contributed by atoms with E-state index < -0.39 is 24.2 Å². The van der Waals surface area contributed by atoms with Crippen molar-refractivity contribution in [1.82, 2.24) is 5.01 Å². The summed E-state index contributed by atoms with van der Waals surface area (Å²) in [4.78, 5) is 11.4. The number of alkyl halides is 3. The van der Waals surface area contributed by atoms with Gasteiger partial charge in [-0.1, -0.05) is 29.8 Å². The number of halogens is 4. The van der Waals surface area contributed by atoms with Crippen LogP contribution in [0.5, 0.6) is 0 Å². The van der Waals surface area contributed by atoms with Gasteiger partial charge in [-0.2, -0.15) is 18.3 Å². The number of carbonyl (C=O) groups excluding carboxylic acids is 1. The van der Waals surface area contributed by atoms with Gasteiger partial charge >= 0.3 is 6.18 Å². The van der Waals surface area contributed by atoms with Gasteiger partial charge in [0, 0.05) is 5.02 Å². The van der Waals surface area contributed by atoms with E-state index >= 15 is 0 Å². The summed E-state index contributed by atoms with van der Waals surface area (Å²) in [6, 6.07) is 6.63. The van der Waals surface area contributed by atoms with E-state index in [1.807, 2.05) is 0 Å². The zero-order chi connectivity index (χ0) is 13.3. The monoisotopic (exact) mass is 276 g/mol. The maximum absolute atomic E-state index is 12.4. The van der Waals surface area contributed by atoms with Crippen LogP contribution in [0.25, 0.3) is 0 Å². The highest BCUT2D eigenvalue weighted by atomic mass is 35.5. The van der Waals surface area contributed by atoms with Gasteiger partial charge in [-0.25, -0.2) is 5.01 Å². The van der Waals surface area contributed by atoms with Crippen LogP contribution in [0.3, 0.4) is 0 Å². The molecule has 1 aromatic rings. The van der Waals surface area contributed by atoms with Crippen molar-refractivity contribution < 1.29 is 18.0 Å². The largest absolute Gasteiger partial charge is 0.431 e. The molecule has 0 aliphatic carbocycles. The van der Waals surface area contributed by atoms with Crippen molar-refractivity contribution in [2.45, 2.75) is 19.1 Å². The molecular formula is C11H8ClF3N2O. The Morgan fingerprint density at radius 2 is 2.00 bits per heavy atom. The number of carbonyl (C=O) groups is 1. The van der Waals surface area contributed by atoms with Crippen LogP contribution in [-0.2, 0) is 11.3 Å². The molecule has 3 nitrogen and oxygen atoms in total. The first-order valence-corrected chi connectivity index (χ1v) is 5.44. The number of hydrogen-bond acceptors (Lipinski definition) is 2. The second-order valence-corrected chi connectivity index (χ2v) is 4.17. The van der Waals surface area contributed by atoms with Crippen molar-refractivity contribution in [2.24, 2.45) is 5.10 Å². The normalized spacial score (nSPS) is 16.1. The van der Waals surface area contributed by atoms with Crippen LogP contribution in [0.1, 0.15) is 12.0 Å². The van der Waals surface area contributed by atoms with Gasteiger partial charge in [0.2, 0.25) is 5.91 Å². The second-order valence-electron chi connectivity index (χ2n) is 3.76. The summed E-state index contributed by atoms with van der Waals surface area (Å²) in [5.74, 6) is -0.678. The lowest BCUT2D eigenvalue weighted by atomic mass is 10.2. The molecule has 96 valence electrons. The lowest BCUT2D eigenvalue weighted by molar-refractivity contribution is -0.129. The fourth-order valence-electron chi connectivity index (χ4n) is 1.54. The Labute approximate surface area is 106 Å². The minimum atomic E-state index is -4.56. The van der Waals surface area contributed by atoms with Crippen molar-refractivity contribution in [3.63, 3.8) is 0 Å². The molecule has 0 saturated carbocycles. The first kappa shape index (κ1) is 12.9. The summed E-state index contributed by atoms with van der Waals surface area (Å²) in [6.45, 7) is -0.0575. The Morgan fingerprint density at radius 3 is 2.56 bits per heavy atom. The average Bonchev–Trinajstić information content (AvgIpc) is 2.63. The number of hydrogen-bond donors (Lipinski definition) is 0. The van der Waals surface area contributed by atoms with Gasteiger partial charge in [-0.05, 0) is 11.6 Å². The smallest absolute Gasteiger partial charge is 0.273 e. The molecule has 0 unspecified atom stereocenters. The fraction of sp³-hybridized carbons (Fsp3) is 0.273. The highest BCUT2D eigenvalue weighted by Gasteiger charge is 2.42. The quantitative estimate of drug-likeness (QED) is 0.817. The Hall–Kier alpha value is -1.56. The zero-order valence-electron chi connectivity index (χ0n) is 9.04. The van der Waals surface area contributed by atoms with E-state index in [1.165, 1.54) is 0 Å². The molecule has 1 heterocycles. The Bertz CT molecular complexity index is 513. The lowest BCUT2D eigenvalue weighted by Crippen LogP contribution is -2.22. The molecule has 0 radical (unpaired) electrons. The fourth-order valence-corrected chi connectivity index (χ4v) is 1.74. The standard InChI is InChI=1S/C11H8ClF3N2O/c12-8-4-2-1-3-7(8)6-17-10(18)5-9(16-17)11(13,14)15/h1-4H,5-6H2. The molecule has 1 aromatic carbocycles. The number of nitrogens with zero attached hydrogens (tertiary/aromatic N) is 2. The zero-order valence-corrected chi connectivity index (χ0v) is 9.79. The molecule has 1 aliphatic rings. The van der Waals surface area contributed by atoms with E-state index in [2.05, 4.69) is 5.10 Å². The molecule has 7 heteroatoms. The maximum atomic E-state index is 12.4. The van der Waals surface area contributed by atoms with Crippen molar-refractivity contribution in [3.8, 4) is 0 Å². The summed E-state index contributed by atoms with van der Waals surface area (Å²) in [7, 11) is 0. The summed E-state index contributed by atoms with van der Waals surface area (Å²) >= 11 is 5.87. The van der Waals surface area contributed by atoms with Crippen molar-refractivity contribution in [2.75, 3.05) is 0 Å². The van der Waals surface area contributed by atoms with E-state index in [1.54, 1.807) is 24.3 Å². The van der Waals surface area contributed by atoms with Gasteiger partial charge < -0.3 is 0 Å². The first-order chi connectivity index (χ1) is 8.38. The predicted molar refractivity (Wildman–Crippen MR) is 60.1 cm³/mol. The van der Waals surface area contributed by atoms with E-state index in [4.69, 9.17) is 11.6 Å². The SMILES string of the molecule is O=C1CC(C(F)(F)F)=NN1Cc1ccccc1Cl. The third kappa shape index (κ3) is 2.64. The Morgan fingerprint density at radius 1 is 1.33 bits per heavy atom. The molecule has 0 fully saturated rings. The summed E-state index contributed by atoms with van der Waals surface area (Å²) < 4.78 is 37.2. The molecule has 0 N–H and O–H groups in total. The van der Waals surface area contributed by atoms with E-state index in [9.17, 15) is 18.0 Å². The Kier molecular flexibility index (Phi) is 3.30. The average molecular weight is 277 g/mol. The molecule has 0 spiro atoms. The minimum Gasteiger partial charge on any atom is -0.273 e. The first-order valence-electron chi connectivity index (χ1n) is 5.06. The van der Waals surface area contributed by atoms with Gasteiger partial charge in [0.25, 0.3) is 0 Å². The maximum Gasteiger partial charge on any atom is 0.431 e. The lowest BCUT2D eigenvalue weighted by Gasteiger charge is -2.12. The summed E-state index contributed by atoms with van der Waals surface area (Å²) in [5.41, 5.74) is -0.515. The van der Waals surface area contributed by atoms with Crippen LogP contribution in [0.2, 0.25) is 5.02 Å². The van der Waals surface area contributed by atoms with Crippen LogP contribution in [0.15, 0.2) is 29.4 Å². The topological polar surface area (TPSA) is 32.7 Å². The molecule has 0 saturated heterocycles. The third-order valence-corrected chi connectivity index (χ3v) is 2.82. The molecular weight excluding hydrogens is 269 g/mol. The highest BCUT2D eigenvalue weighted by Crippen LogP contribution is 2.26. The van der Waals surface area contributed by atoms with E-state index in [0.29, 0.717) is 10.6 Å². The molecule has 1 amide bonds. The van der Waals surface area contributed by atoms with Gasteiger partial charge in [-0.3, -0.25) is 4.79 Å². The second kappa shape index (κ2) is 4.61. The minimum absolute atomic E-state index is 0.0575. The van der Waals surface area contributed by atoms with Crippen molar-refractivity contribution >= 4 is 23.2 Å². The predicted octanol–water partition coefficient (Wildman–Crippen LogP) is 2.99. The number of hydrazone groups is 1. The number of benzene rings is 1. The van der Waals surface area contributed by atoms with Gasteiger partial charge in [0.15, 0.2) is 5.71 Å². The summed E-state index contributed by atoms with van der Waals surface area (Å²) in [5, 5.41) is 4.48. The van der Waals surface area contributed by atoms with Crippen molar-refractivity contribution in [3.05, 3.63) is 34.9 Å². The van der Waals surface area contributed by atoms with Crippen molar-refractivity contribution in [1.29, 1.82) is 0 Å². The number of amides is 1. The van der Waals surface area contributed by atoms with Crippen LogP contribution in [0, 0.1) is 0 Å². The third-order valence-electron chi connectivity index (χ3n) is 2.45. The molecule has 18 heavy (non-hydrogen) atoms. The van der Waals surface area contributed by atoms with Crippen LogP contribution < -0.4 is 0 Å². The molecule has 2 rings (SSSR count). The Balaban J connectivity index is 2.18. The van der Waals surface area contributed by atoms with Crippen LogP contribution in [-0.4, -0.2) is 22.8 Å². The molecule has 0 bridgehead atoms. The van der Waals surface area contributed by atoms with E-state index in [0.717, 1.165) is 5.01 Å². The summed E-state index contributed by atoms with van der Waals surface area (Å²) in [6.07, 6.45) is -5.28. The van der Waals surface area contributed by atoms with Gasteiger partial charge in [0.05, 0.1) is 13.0 Å². The molecule has 1 aliphatic heterocycles. The van der Waals surface area contributed by atoms with Gasteiger partial charge in [-0.15, -0.1) is 0 Å². The van der Waals surface area contributed by atoms with Crippen LogP contribution in [0.4, 0.5) is 13.2 Å². The highest BCUT2D eigenvalue weighted by molar-refractivity contribution is 6.31.